The molecule has 18 heavy (non-hydrogen) atoms. The normalized spacial score (nSPS) is 15.0. The van der Waals surface area contributed by atoms with Gasteiger partial charge in [-0.1, -0.05) is 13.8 Å². The summed E-state index contributed by atoms with van der Waals surface area (Å²) < 4.78 is 21.9. The Morgan fingerprint density at radius 2 is 2.00 bits per heavy atom. The highest BCUT2D eigenvalue weighted by Crippen LogP contribution is 2.18. The molecule has 4 nitrogen and oxygen atoms in total. The molecule has 0 spiro atoms. The lowest BCUT2D eigenvalue weighted by atomic mass is 9.92. The molecule has 0 aromatic rings. The van der Waals surface area contributed by atoms with E-state index in [0.29, 0.717) is 5.75 Å². The molecule has 0 rings (SSSR count). The Hall–Kier alpha value is -0.250. The van der Waals surface area contributed by atoms with Crippen molar-refractivity contribution in [1.82, 2.24) is 5.32 Å². The van der Waals surface area contributed by atoms with Crippen LogP contribution in [-0.4, -0.2) is 44.0 Å². The molecule has 0 radical (unpaired) electrons. The highest BCUT2D eigenvalue weighted by Gasteiger charge is 2.25. The topological polar surface area (TPSA) is 70.0 Å². The first-order valence-electron chi connectivity index (χ1n) is 6.31. The predicted molar refractivity (Wildman–Crippen MR) is 78.6 cm³/mol. The van der Waals surface area contributed by atoms with Gasteiger partial charge in [0.05, 0.1) is 11.8 Å². The van der Waals surface area contributed by atoms with Gasteiger partial charge in [-0.05, 0) is 31.6 Å². The first kappa shape index (κ1) is 17.8. The van der Waals surface area contributed by atoms with E-state index < -0.39 is 15.4 Å². The van der Waals surface area contributed by atoms with Crippen LogP contribution in [0.1, 0.15) is 33.1 Å². The van der Waals surface area contributed by atoms with E-state index in [0.717, 1.165) is 31.6 Å². The van der Waals surface area contributed by atoms with Gasteiger partial charge in [0, 0.05) is 12.0 Å². The van der Waals surface area contributed by atoms with Crippen LogP contribution in [0.2, 0.25) is 0 Å². The molecule has 0 bridgehead atoms. The molecule has 1 unspecified atom stereocenters. The van der Waals surface area contributed by atoms with Gasteiger partial charge < -0.3 is 0 Å². The summed E-state index contributed by atoms with van der Waals surface area (Å²) in [6, 6.07) is 2.37. The van der Waals surface area contributed by atoms with Crippen molar-refractivity contribution in [3.8, 4) is 6.07 Å². The summed E-state index contributed by atoms with van der Waals surface area (Å²) in [6.45, 7) is 4.81. The number of nitrogens with zero attached hydrogens (tertiary/aromatic N) is 1. The number of hydrogen-bond acceptors (Lipinski definition) is 5. The monoisotopic (exact) mass is 292 g/mol. The van der Waals surface area contributed by atoms with Gasteiger partial charge in [-0.3, -0.25) is 5.32 Å². The Labute approximate surface area is 115 Å². The van der Waals surface area contributed by atoms with Gasteiger partial charge in [-0.15, -0.1) is 0 Å². The molecule has 0 fully saturated rings. The third kappa shape index (κ3) is 7.96. The molecular weight excluding hydrogens is 268 g/mol. The molecular formula is C12H24N2O2S2. The van der Waals surface area contributed by atoms with Crippen LogP contribution in [0.3, 0.4) is 0 Å². The molecule has 1 N–H and O–H groups in total. The molecule has 6 heteroatoms. The third-order valence-corrected chi connectivity index (χ3v) is 5.10. The molecule has 106 valence electrons. The second kappa shape index (κ2) is 8.78. The average Bonchev–Trinajstić information content (AvgIpc) is 2.31. The van der Waals surface area contributed by atoms with E-state index >= 15 is 0 Å². The van der Waals surface area contributed by atoms with Crippen molar-refractivity contribution in [2.75, 3.05) is 30.1 Å². The maximum absolute atomic E-state index is 10.9. The van der Waals surface area contributed by atoms with E-state index in [2.05, 4.69) is 11.4 Å². The average molecular weight is 292 g/mol. The fourth-order valence-corrected chi connectivity index (χ4v) is 3.93. The van der Waals surface area contributed by atoms with Crippen molar-refractivity contribution in [3.63, 3.8) is 0 Å². The Morgan fingerprint density at radius 1 is 1.33 bits per heavy atom. The molecule has 0 aliphatic carbocycles. The lowest BCUT2D eigenvalue weighted by molar-refractivity contribution is 0.379. The lowest BCUT2D eigenvalue weighted by Gasteiger charge is -2.25. The Bertz CT molecular complexity index is 363. The smallest absolute Gasteiger partial charge is 0.148 e. The number of rotatable bonds is 10. The van der Waals surface area contributed by atoms with E-state index in [9.17, 15) is 13.7 Å². The zero-order chi connectivity index (χ0) is 14.1. The SMILES string of the molecule is CCNC(C#N)(CC)CCCSCCS(C)(=O)=O. The van der Waals surface area contributed by atoms with Crippen LogP contribution in [0.15, 0.2) is 0 Å². The van der Waals surface area contributed by atoms with E-state index in [-0.39, 0.29) is 5.75 Å². The maximum Gasteiger partial charge on any atom is 0.148 e. The molecule has 0 aromatic heterocycles. The highest BCUT2D eigenvalue weighted by atomic mass is 32.2. The van der Waals surface area contributed by atoms with Crippen LogP contribution in [0, 0.1) is 11.3 Å². The first-order valence-corrected chi connectivity index (χ1v) is 9.52. The van der Waals surface area contributed by atoms with Crippen LogP contribution < -0.4 is 5.32 Å². The minimum absolute atomic E-state index is 0.238. The van der Waals surface area contributed by atoms with Crippen molar-refractivity contribution >= 4 is 21.6 Å². The maximum atomic E-state index is 10.9. The zero-order valence-electron chi connectivity index (χ0n) is 11.5. The third-order valence-electron chi connectivity index (χ3n) is 2.82. The van der Waals surface area contributed by atoms with Gasteiger partial charge in [-0.2, -0.15) is 17.0 Å². The van der Waals surface area contributed by atoms with Crippen LogP contribution in [0.25, 0.3) is 0 Å². The van der Waals surface area contributed by atoms with Crippen molar-refractivity contribution in [2.24, 2.45) is 0 Å². The number of nitriles is 1. The molecule has 0 saturated carbocycles. The summed E-state index contributed by atoms with van der Waals surface area (Å²) in [5.41, 5.74) is -0.411. The van der Waals surface area contributed by atoms with Gasteiger partial charge >= 0.3 is 0 Å². The molecule has 0 amide bonds. The van der Waals surface area contributed by atoms with Gasteiger partial charge in [0.15, 0.2) is 0 Å². The molecule has 0 aliphatic rings. The molecule has 0 aromatic carbocycles. The number of nitrogens with one attached hydrogen (secondary N) is 1. The molecule has 0 heterocycles. The Morgan fingerprint density at radius 3 is 2.44 bits per heavy atom. The summed E-state index contributed by atoms with van der Waals surface area (Å²) in [4.78, 5) is 0. The quantitative estimate of drug-likeness (QED) is 0.622. The van der Waals surface area contributed by atoms with Gasteiger partial charge in [0.2, 0.25) is 0 Å². The van der Waals surface area contributed by atoms with Gasteiger partial charge in [-0.25, -0.2) is 8.42 Å². The number of thioether (sulfide) groups is 1. The Kier molecular flexibility index (Phi) is 8.66. The zero-order valence-corrected chi connectivity index (χ0v) is 13.2. The molecule has 0 aliphatic heterocycles. The second-order valence-corrected chi connectivity index (χ2v) is 7.91. The van der Waals surface area contributed by atoms with Gasteiger partial charge in [0.1, 0.15) is 15.4 Å². The van der Waals surface area contributed by atoms with Crippen LogP contribution in [0.5, 0.6) is 0 Å². The van der Waals surface area contributed by atoms with E-state index in [1.165, 1.54) is 6.26 Å². The van der Waals surface area contributed by atoms with Crippen LogP contribution in [0.4, 0.5) is 0 Å². The highest BCUT2D eigenvalue weighted by molar-refractivity contribution is 8.00. The van der Waals surface area contributed by atoms with E-state index in [4.69, 9.17) is 0 Å². The van der Waals surface area contributed by atoms with Crippen molar-refractivity contribution in [1.29, 1.82) is 5.26 Å². The molecule has 1 atom stereocenters. The molecule has 0 saturated heterocycles. The van der Waals surface area contributed by atoms with Crippen molar-refractivity contribution in [3.05, 3.63) is 0 Å². The fraction of sp³-hybridized carbons (Fsp3) is 0.917. The summed E-state index contributed by atoms with van der Waals surface area (Å²) >= 11 is 1.64. The minimum atomic E-state index is -2.84. The standard InChI is InChI=1S/C12H24N2O2S2/c1-4-12(11-13,14-5-2)7-6-8-17-9-10-18(3,15)16/h14H,4-10H2,1-3H3. The number of hydrogen-bond donors (Lipinski definition) is 1. The van der Waals surface area contributed by atoms with Crippen LogP contribution in [-0.2, 0) is 9.84 Å². The summed E-state index contributed by atoms with van der Waals surface area (Å²) in [5, 5.41) is 12.5. The Balaban J connectivity index is 3.85. The number of sulfone groups is 1. The van der Waals surface area contributed by atoms with Crippen molar-refractivity contribution < 1.29 is 8.42 Å². The predicted octanol–water partition coefficient (Wildman–Crippen LogP) is 1.83. The van der Waals surface area contributed by atoms with E-state index in [1.54, 1.807) is 11.8 Å². The summed E-state index contributed by atoms with van der Waals surface area (Å²) in [5.74, 6) is 1.79. The van der Waals surface area contributed by atoms with Gasteiger partial charge in [0.25, 0.3) is 0 Å². The van der Waals surface area contributed by atoms with E-state index in [1.807, 2.05) is 13.8 Å². The summed E-state index contributed by atoms with van der Waals surface area (Å²) in [7, 11) is -2.84. The van der Waals surface area contributed by atoms with Crippen LogP contribution >= 0.6 is 11.8 Å². The lowest BCUT2D eigenvalue weighted by Crippen LogP contribution is -2.43. The second-order valence-electron chi connectivity index (χ2n) is 4.42. The first-order chi connectivity index (χ1) is 8.39. The summed E-state index contributed by atoms with van der Waals surface area (Å²) in [6.07, 6.45) is 3.81. The largest absolute Gasteiger partial charge is 0.300 e. The minimum Gasteiger partial charge on any atom is -0.300 e. The van der Waals surface area contributed by atoms with Crippen molar-refractivity contribution in [2.45, 2.75) is 38.6 Å². The fourth-order valence-electron chi connectivity index (χ4n) is 1.69.